The van der Waals surface area contributed by atoms with Crippen LogP contribution in [0.1, 0.15) is 87.6 Å². The smallest absolute Gasteiger partial charge is 0.349 e. The number of Topliss-reactive ketones (excluding diaryl/α,β-unsaturated/α-hetero) is 1. The maximum Gasteiger partial charge on any atom is 0.416 e. The molecule has 0 aromatic heterocycles. The molecule has 4 nitrogen and oxygen atoms in total. The van der Waals surface area contributed by atoms with E-state index < -0.39 is 11.7 Å². The van der Waals surface area contributed by atoms with Gasteiger partial charge in [-0.25, -0.2) is 0 Å². The lowest BCUT2D eigenvalue weighted by atomic mass is 9.82. The molecule has 1 amide bonds. The van der Waals surface area contributed by atoms with Gasteiger partial charge in [0.15, 0.2) is 5.78 Å². The highest BCUT2D eigenvalue weighted by Crippen LogP contribution is 2.39. The van der Waals surface area contributed by atoms with Gasteiger partial charge in [0.2, 0.25) is 0 Å². The Balaban J connectivity index is 1.03. The third-order valence-corrected chi connectivity index (χ3v) is 9.39. The van der Waals surface area contributed by atoms with Crippen LogP contribution in [-0.4, -0.2) is 35.7 Å². The maximum absolute atomic E-state index is 13.3. The summed E-state index contributed by atoms with van der Waals surface area (Å²) in [5, 5.41) is 3.25. The summed E-state index contributed by atoms with van der Waals surface area (Å²) in [4.78, 5) is 27.3. The Labute approximate surface area is 251 Å². The Kier molecular flexibility index (Phi) is 8.27. The van der Waals surface area contributed by atoms with Crippen LogP contribution in [0.5, 0.6) is 0 Å². The molecular weight excluding hydrogens is 549 g/mol. The molecule has 7 heteroatoms. The summed E-state index contributed by atoms with van der Waals surface area (Å²) in [6.45, 7) is 4.26. The second-order valence-electron chi connectivity index (χ2n) is 12.4. The molecule has 1 fully saturated rings. The zero-order valence-corrected chi connectivity index (χ0v) is 24.5. The molecule has 3 aromatic rings. The second-order valence-corrected chi connectivity index (χ2v) is 12.4. The van der Waals surface area contributed by atoms with Crippen molar-refractivity contribution in [2.24, 2.45) is 5.92 Å². The molecular formula is C36H37F3N2O2. The molecule has 43 heavy (non-hydrogen) atoms. The van der Waals surface area contributed by atoms with E-state index in [2.05, 4.69) is 22.3 Å². The molecule has 224 valence electrons. The number of ketones is 1. The number of hydrogen-bond donors (Lipinski definition) is 1. The number of amides is 1. The minimum atomic E-state index is -4.31. The summed E-state index contributed by atoms with van der Waals surface area (Å²) in [5.74, 6) is 0.448. The molecule has 6 rings (SSSR count). The fourth-order valence-corrected chi connectivity index (χ4v) is 6.89. The van der Waals surface area contributed by atoms with Crippen molar-refractivity contribution in [3.05, 3.63) is 111 Å². The monoisotopic (exact) mass is 586 g/mol. The first-order valence-electron chi connectivity index (χ1n) is 15.3. The summed E-state index contributed by atoms with van der Waals surface area (Å²) in [6, 6.07) is 19.6. The van der Waals surface area contributed by atoms with Gasteiger partial charge in [0, 0.05) is 36.8 Å². The highest BCUT2D eigenvalue weighted by atomic mass is 19.4. The molecule has 0 atom stereocenters. The standard InChI is InChI=1S/C36H37F3N2O2/c1-23(42)27-8-2-26(3-9-27)21-41-17-16-29-19-28-10-11-30(20-33(28)34(29)22-41)35(43)40-32-14-6-25(7-15-32)18-24-4-12-31(13-5-24)36(37,38)39/h2-5,8-13,20,25,32H,6-7,14-19,21-22H2,1H3,(H,40,43). The van der Waals surface area contributed by atoms with Crippen LogP contribution >= 0.6 is 0 Å². The van der Waals surface area contributed by atoms with Gasteiger partial charge >= 0.3 is 6.18 Å². The Bertz CT molecular complexity index is 1530. The van der Waals surface area contributed by atoms with Crippen LogP contribution in [-0.2, 0) is 25.6 Å². The number of fused-ring (bicyclic) bond motifs is 2. The van der Waals surface area contributed by atoms with Gasteiger partial charge in [0.1, 0.15) is 0 Å². The summed E-state index contributed by atoms with van der Waals surface area (Å²) in [7, 11) is 0. The van der Waals surface area contributed by atoms with Crippen LogP contribution in [0.4, 0.5) is 13.2 Å². The van der Waals surface area contributed by atoms with Gasteiger partial charge in [0.25, 0.3) is 5.91 Å². The van der Waals surface area contributed by atoms with Crippen LogP contribution in [0, 0.1) is 5.92 Å². The first-order chi connectivity index (χ1) is 20.6. The molecule has 3 aliphatic rings. The second kappa shape index (κ2) is 12.1. The van der Waals surface area contributed by atoms with Gasteiger partial charge < -0.3 is 5.32 Å². The molecule has 1 saturated carbocycles. The molecule has 0 spiro atoms. The molecule has 3 aromatic carbocycles. The fourth-order valence-electron chi connectivity index (χ4n) is 6.89. The SMILES string of the molecule is CC(=O)c1ccc(CN2CCC3=C(C2)c2cc(C(=O)NC4CCC(Cc5ccc(C(F)(F)F)cc5)CC4)ccc2C3)cc1. The number of benzene rings is 3. The Morgan fingerprint density at radius 1 is 0.884 bits per heavy atom. The van der Waals surface area contributed by atoms with Crippen LogP contribution in [0.3, 0.4) is 0 Å². The molecule has 2 aliphatic carbocycles. The Hall–Kier alpha value is -3.71. The zero-order valence-electron chi connectivity index (χ0n) is 24.5. The molecule has 0 radical (unpaired) electrons. The van der Waals surface area contributed by atoms with Gasteiger partial charge in [-0.1, -0.05) is 48.0 Å². The number of halogens is 3. The maximum atomic E-state index is 13.3. The van der Waals surface area contributed by atoms with Crippen molar-refractivity contribution in [2.45, 2.75) is 70.6 Å². The molecule has 1 N–H and O–H groups in total. The van der Waals surface area contributed by atoms with E-state index in [0.717, 1.165) is 87.8 Å². The summed E-state index contributed by atoms with van der Waals surface area (Å²) < 4.78 is 38.6. The highest BCUT2D eigenvalue weighted by molar-refractivity contribution is 5.96. The van der Waals surface area contributed by atoms with Crippen LogP contribution in [0.15, 0.2) is 72.3 Å². The Morgan fingerprint density at radius 3 is 2.23 bits per heavy atom. The number of nitrogens with zero attached hydrogens (tertiary/aromatic N) is 1. The average Bonchev–Trinajstić information content (AvgIpc) is 3.35. The van der Waals surface area contributed by atoms with Crippen molar-refractivity contribution in [3.8, 4) is 0 Å². The summed E-state index contributed by atoms with van der Waals surface area (Å²) >= 11 is 0. The number of carbonyl (C=O) groups is 2. The van der Waals surface area contributed by atoms with Gasteiger partial charge in [-0.05, 0) is 110 Å². The summed E-state index contributed by atoms with van der Waals surface area (Å²) in [6.07, 6.45) is 2.07. The summed E-state index contributed by atoms with van der Waals surface area (Å²) in [5.41, 5.74) is 8.24. The van der Waals surface area contributed by atoms with Crippen molar-refractivity contribution >= 4 is 17.3 Å². The number of nitrogens with one attached hydrogen (secondary N) is 1. The minimum Gasteiger partial charge on any atom is -0.349 e. The molecule has 0 unspecified atom stereocenters. The predicted octanol–water partition coefficient (Wildman–Crippen LogP) is 7.65. The quantitative estimate of drug-likeness (QED) is 0.289. The number of hydrogen-bond acceptors (Lipinski definition) is 3. The van der Waals surface area contributed by atoms with E-state index in [0.29, 0.717) is 11.5 Å². The predicted molar refractivity (Wildman–Crippen MR) is 162 cm³/mol. The van der Waals surface area contributed by atoms with E-state index >= 15 is 0 Å². The van der Waals surface area contributed by atoms with Gasteiger partial charge in [-0.2, -0.15) is 13.2 Å². The number of rotatable bonds is 7. The van der Waals surface area contributed by atoms with E-state index in [9.17, 15) is 22.8 Å². The van der Waals surface area contributed by atoms with Crippen LogP contribution in [0.25, 0.3) is 5.57 Å². The number of alkyl halides is 3. The molecule has 1 aliphatic heterocycles. The molecule has 0 bridgehead atoms. The minimum absolute atomic E-state index is 0.0405. The van der Waals surface area contributed by atoms with E-state index in [-0.39, 0.29) is 17.7 Å². The van der Waals surface area contributed by atoms with E-state index in [1.807, 2.05) is 30.3 Å². The Morgan fingerprint density at radius 2 is 1.56 bits per heavy atom. The molecule has 0 saturated heterocycles. The largest absolute Gasteiger partial charge is 0.416 e. The van der Waals surface area contributed by atoms with Crippen molar-refractivity contribution < 1.29 is 22.8 Å². The van der Waals surface area contributed by atoms with Crippen molar-refractivity contribution in [3.63, 3.8) is 0 Å². The van der Waals surface area contributed by atoms with E-state index in [4.69, 9.17) is 0 Å². The first kappa shape index (κ1) is 29.4. The van der Waals surface area contributed by atoms with Crippen molar-refractivity contribution in [2.75, 3.05) is 13.1 Å². The highest BCUT2D eigenvalue weighted by Gasteiger charge is 2.31. The topological polar surface area (TPSA) is 49.4 Å². The first-order valence-corrected chi connectivity index (χ1v) is 15.3. The average molecular weight is 587 g/mol. The van der Waals surface area contributed by atoms with Crippen LogP contribution < -0.4 is 5.32 Å². The van der Waals surface area contributed by atoms with Gasteiger partial charge in [-0.15, -0.1) is 0 Å². The number of carbonyl (C=O) groups excluding carboxylic acids is 2. The van der Waals surface area contributed by atoms with Crippen LogP contribution in [0.2, 0.25) is 0 Å². The zero-order chi connectivity index (χ0) is 30.1. The van der Waals surface area contributed by atoms with E-state index in [1.54, 1.807) is 19.1 Å². The van der Waals surface area contributed by atoms with E-state index in [1.165, 1.54) is 27.8 Å². The lowest BCUT2D eigenvalue weighted by molar-refractivity contribution is -0.137. The van der Waals surface area contributed by atoms with Crippen molar-refractivity contribution in [1.29, 1.82) is 0 Å². The van der Waals surface area contributed by atoms with Crippen molar-refractivity contribution in [1.82, 2.24) is 10.2 Å². The lowest BCUT2D eigenvalue weighted by Crippen LogP contribution is -2.38. The third kappa shape index (κ3) is 6.77. The molecule has 1 heterocycles. The normalized spacial score (nSPS) is 20.5. The van der Waals surface area contributed by atoms with Gasteiger partial charge in [-0.3, -0.25) is 14.5 Å². The third-order valence-electron chi connectivity index (χ3n) is 9.39. The fraction of sp³-hybridized carbons (Fsp3) is 0.389. The lowest BCUT2D eigenvalue weighted by Gasteiger charge is -2.29. The van der Waals surface area contributed by atoms with Gasteiger partial charge in [0.05, 0.1) is 5.56 Å².